The monoisotopic (exact) mass is 189 g/mol. The number of amides is 1. The Bertz CT molecular complexity index is 239. The van der Waals surface area contributed by atoms with Crippen LogP contribution in [0.15, 0.2) is 12.0 Å². The predicted octanol–water partition coefficient (Wildman–Crippen LogP) is -1.40. The summed E-state index contributed by atoms with van der Waals surface area (Å²) in [7, 11) is 0. The normalized spacial score (nSPS) is 33.2. The molecule has 0 saturated carbocycles. The SMILES string of the molecule is CC(=O)N[C@H]1C(O)C(O)=CO[C@H]1O. The minimum absolute atomic E-state index is 0.427. The van der Waals surface area contributed by atoms with Crippen LogP contribution in [0.3, 0.4) is 0 Å². The molecule has 1 rings (SSSR count). The van der Waals surface area contributed by atoms with Gasteiger partial charge in [-0.1, -0.05) is 0 Å². The van der Waals surface area contributed by atoms with E-state index in [2.05, 4.69) is 10.1 Å². The van der Waals surface area contributed by atoms with Crippen LogP contribution in [0, 0.1) is 0 Å². The van der Waals surface area contributed by atoms with Crippen LogP contribution in [0.5, 0.6) is 0 Å². The van der Waals surface area contributed by atoms with Crippen molar-refractivity contribution in [2.75, 3.05) is 0 Å². The first-order valence-corrected chi connectivity index (χ1v) is 3.70. The van der Waals surface area contributed by atoms with E-state index in [9.17, 15) is 9.90 Å². The van der Waals surface area contributed by atoms with Gasteiger partial charge in [-0.2, -0.15) is 0 Å². The number of nitrogens with one attached hydrogen (secondary N) is 1. The first-order chi connectivity index (χ1) is 6.02. The number of hydrogen-bond donors (Lipinski definition) is 4. The van der Waals surface area contributed by atoms with Crippen molar-refractivity contribution < 1.29 is 24.9 Å². The number of carbonyl (C=O) groups excluding carboxylic acids is 1. The summed E-state index contributed by atoms with van der Waals surface area (Å²) in [6, 6.07) is -1.04. The Morgan fingerprint density at radius 1 is 1.62 bits per heavy atom. The average Bonchev–Trinajstić information content (AvgIpc) is 2.05. The molecule has 0 aromatic rings. The molecular weight excluding hydrogens is 178 g/mol. The maximum Gasteiger partial charge on any atom is 0.220 e. The predicted molar refractivity (Wildman–Crippen MR) is 41.4 cm³/mol. The topological polar surface area (TPSA) is 99.0 Å². The summed E-state index contributed by atoms with van der Waals surface area (Å²) >= 11 is 0. The second kappa shape index (κ2) is 3.63. The highest BCUT2D eigenvalue weighted by atomic mass is 16.6. The number of ether oxygens (including phenoxy) is 1. The molecule has 13 heavy (non-hydrogen) atoms. The molecule has 1 unspecified atom stereocenters. The zero-order valence-electron chi connectivity index (χ0n) is 6.97. The lowest BCUT2D eigenvalue weighted by Gasteiger charge is -2.30. The molecule has 1 amide bonds. The lowest BCUT2D eigenvalue weighted by Crippen LogP contribution is -2.53. The summed E-state index contributed by atoms with van der Waals surface area (Å²) in [5.74, 6) is -0.856. The van der Waals surface area contributed by atoms with E-state index in [-0.39, 0.29) is 0 Å². The van der Waals surface area contributed by atoms with E-state index >= 15 is 0 Å². The van der Waals surface area contributed by atoms with Crippen LogP contribution in [-0.4, -0.2) is 39.7 Å². The summed E-state index contributed by atoms with van der Waals surface area (Å²) in [5, 5.41) is 29.7. The minimum Gasteiger partial charge on any atom is -0.506 e. The molecule has 0 saturated heterocycles. The molecule has 0 radical (unpaired) electrons. The van der Waals surface area contributed by atoms with Gasteiger partial charge in [0.15, 0.2) is 5.76 Å². The van der Waals surface area contributed by atoms with Gasteiger partial charge in [-0.25, -0.2) is 0 Å². The fourth-order valence-corrected chi connectivity index (χ4v) is 1.02. The van der Waals surface area contributed by atoms with Crippen molar-refractivity contribution in [3.8, 4) is 0 Å². The molecule has 0 bridgehead atoms. The van der Waals surface area contributed by atoms with Gasteiger partial charge < -0.3 is 25.4 Å². The Hall–Kier alpha value is -1.27. The zero-order valence-corrected chi connectivity index (χ0v) is 6.97. The standard InChI is InChI=1S/C7H11NO5/c1-3(9)8-5-6(11)4(10)2-13-7(5)12/h2,5-7,10-12H,1H3,(H,8,9)/t5-,6?,7+/m0/s1. The molecule has 0 aliphatic carbocycles. The van der Waals surface area contributed by atoms with Gasteiger partial charge in [0.05, 0.1) is 0 Å². The molecule has 6 nitrogen and oxygen atoms in total. The number of aliphatic hydroxyl groups excluding tert-OH is 3. The maximum atomic E-state index is 10.6. The largest absolute Gasteiger partial charge is 0.506 e. The van der Waals surface area contributed by atoms with Gasteiger partial charge in [-0.05, 0) is 0 Å². The van der Waals surface area contributed by atoms with E-state index in [0.717, 1.165) is 6.26 Å². The second-order valence-electron chi connectivity index (χ2n) is 2.74. The third-order valence-electron chi connectivity index (χ3n) is 1.65. The van der Waals surface area contributed by atoms with E-state index in [1.807, 2.05) is 0 Å². The number of rotatable bonds is 1. The third-order valence-corrected chi connectivity index (χ3v) is 1.65. The van der Waals surface area contributed by atoms with E-state index in [1.165, 1.54) is 6.92 Å². The third kappa shape index (κ3) is 2.10. The lowest BCUT2D eigenvalue weighted by molar-refractivity contribution is -0.139. The van der Waals surface area contributed by atoms with Crippen molar-refractivity contribution in [3.05, 3.63) is 12.0 Å². The van der Waals surface area contributed by atoms with Gasteiger partial charge in [-0.15, -0.1) is 0 Å². The molecule has 0 aromatic heterocycles. The average molecular weight is 189 g/mol. The second-order valence-corrected chi connectivity index (χ2v) is 2.74. The Morgan fingerprint density at radius 2 is 2.23 bits per heavy atom. The smallest absolute Gasteiger partial charge is 0.220 e. The molecule has 0 fully saturated rings. The van der Waals surface area contributed by atoms with Gasteiger partial charge in [0, 0.05) is 6.92 Å². The maximum absolute atomic E-state index is 10.6. The summed E-state index contributed by atoms with van der Waals surface area (Å²) in [4.78, 5) is 10.6. The van der Waals surface area contributed by atoms with E-state index in [4.69, 9.17) is 10.2 Å². The quantitative estimate of drug-likeness (QED) is 0.406. The highest BCUT2D eigenvalue weighted by Gasteiger charge is 2.35. The summed E-state index contributed by atoms with van der Waals surface area (Å²) in [5.41, 5.74) is 0. The van der Waals surface area contributed by atoms with E-state index in [1.54, 1.807) is 0 Å². The lowest BCUT2D eigenvalue weighted by atomic mass is 10.1. The number of hydrogen-bond acceptors (Lipinski definition) is 5. The van der Waals surface area contributed by atoms with Crippen molar-refractivity contribution in [3.63, 3.8) is 0 Å². The highest BCUT2D eigenvalue weighted by Crippen LogP contribution is 2.15. The Morgan fingerprint density at radius 3 is 2.77 bits per heavy atom. The van der Waals surface area contributed by atoms with Crippen molar-refractivity contribution in [1.82, 2.24) is 5.32 Å². The highest BCUT2D eigenvalue weighted by molar-refractivity contribution is 5.73. The van der Waals surface area contributed by atoms with E-state index < -0.39 is 30.1 Å². The number of aliphatic hydroxyl groups is 3. The Kier molecular flexibility index (Phi) is 2.74. The van der Waals surface area contributed by atoms with Gasteiger partial charge in [-0.3, -0.25) is 4.79 Å². The minimum atomic E-state index is -1.35. The van der Waals surface area contributed by atoms with Crippen molar-refractivity contribution in [2.24, 2.45) is 0 Å². The summed E-state index contributed by atoms with van der Waals surface area (Å²) < 4.78 is 4.54. The zero-order chi connectivity index (χ0) is 10.0. The molecule has 6 heteroatoms. The Balaban J connectivity index is 2.71. The molecule has 4 N–H and O–H groups in total. The first kappa shape index (κ1) is 9.82. The van der Waals surface area contributed by atoms with Gasteiger partial charge >= 0.3 is 0 Å². The van der Waals surface area contributed by atoms with Crippen LogP contribution in [0.2, 0.25) is 0 Å². The molecule has 0 aromatic carbocycles. The van der Waals surface area contributed by atoms with Crippen molar-refractivity contribution in [2.45, 2.75) is 25.4 Å². The van der Waals surface area contributed by atoms with Crippen molar-refractivity contribution in [1.29, 1.82) is 0 Å². The van der Waals surface area contributed by atoms with E-state index in [0.29, 0.717) is 0 Å². The first-order valence-electron chi connectivity index (χ1n) is 3.70. The van der Waals surface area contributed by atoms with Gasteiger partial charge in [0.25, 0.3) is 0 Å². The van der Waals surface area contributed by atoms with Crippen LogP contribution in [0.25, 0.3) is 0 Å². The molecule has 1 aliphatic rings. The fraction of sp³-hybridized carbons (Fsp3) is 0.571. The van der Waals surface area contributed by atoms with Crippen LogP contribution in [0.1, 0.15) is 6.92 Å². The molecule has 1 heterocycles. The molecular formula is C7H11NO5. The van der Waals surface area contributed by atoms with Crippen molar-refractivity contribution >= 4 is 5.91 Å². The van der Waals surface area contributed by atoms with Crippen LogP contribution in [0.4, 0.5) is 0 Å². The van der Waals surface area contributed by atoms with Gasteiger partial charge in [0.2, 0.25) is 12.2 Å². The molecule has 74 valence electrons. The van der Waals surface area contributed by atoms with Crippen LogP contribution in [-0.2, 0) is 9.53 Å². The summed E-state index contributed by atoms with van der Waals surface area (Å²) in [6.45, 7) is 1.23. The summed E-state index contributed by atoms with van der Waals surface area (Å²) in [6.07, 6.45) is -1.85. The molecule has 3 atom stereocenters. The molecule has 1 aliphatic heterocycles. The molecule has 0 spiro atoms. The van der Waals surface area contributed by atoms with Crippen LogP contribution >= 0.6 is 0 Å². The van der Waals surface area contributed by atoms with Gasteiger partial charge in [0.1, 0.15) is 18.4 Å². The van der Waals surface area contributed by atoms with Crippen LogP contribution < -0.4 is 5.32 Å². The number of carbonyl (C=O) groups is 1. The Labute approximate surface area is 74.4 Å². The fourth-order valence-electron chi connectivity index (χ4n) is 1.02.